The number of alkyl halides is 1. The lowest BCUT2D eigenvalue weighted by Gasteiger charge is -2.07. The van der Waals surface area contributed by atoms with Gasteiger partial charge in [-0.25, -0.2) is 4.39 Å². The Hall–Kier alpha value is -0.900. The third-order valence-corrected chi connectivity index (χ3v) is 2.51. The Bertz CT molecular complexity index is 328. The van der Waals surface area contributed by atoms with Gasteiger partial charge in [-0.3, -0.25) is 4.79 Å². The molecule has 0 radical (unpaired) electrons. The van der Waals surface area contributed by atoms with Gasteiger partial charge in [0.05, 0.1) is 7.11 Å². The lowest BCUT2D eigenvalue weighted by Crippen LogP contribution is -2.18. The molecule has 0 N–H and O–H groups in total. The normalized spacial score (nSPS) is 12.2. The van der Waals surface area contributed by atoms with Gasteiger partial charge in [-0.05, 0) is 18.1 Å². The van der Waals surface area contributed by atoms with Gasteiger partial charge >= 0.3 is 5.97 Å². The fraction of sp³-hybridized carbons (Fsp3) is 0.300. The fourth-order valence-electron chi connectivity index (χ4n) is 1.07. The molecule has 1 rings (SSSR count). The average molecular weight is 261 g/mol. The van der Waals surface area contributed by atoms with Crippen molar-refractivity contribution in [2.24, 2.45) is 0 Å². The number of rotatable bonds is 3. The van der Waals surface area contributed by atoms with Crippen LogP contribution in [0, 0.1) is 5.82 Å². The van der Waals surface area contributed by atoms with E-state index in [0.717, 1.165) is 0 Å². The number of benzene rings is 1. The second-order valence-corrected chi connectivity index (χ2v) is 3.89. The highest BCUT2D eigenvalue weighted by molar-refractivity contribution is 9.10. The van der Waals surface area contributed by atoms with E-state index in [-0.39, 0.29) is 5.82 Å². The number of methoxy groups -OCH3 is 1. The molecule has 0 bridgehead atoms. The van der Waals surface area contributed by atoms with Crippen LogP contribution in [-0.2, 0) is 16.0 Å². The van der Waals surface area contributed by atoms with Crippen LogP contribution in [0.1, 0.15) is 5.56 Å². The molecule has 2 nitrogen and oxygen atoms in total. The number of halogens is 2. The van der Waals surface area contributed by atoms with Crippen LogP contribution in [0.3, 0.4) is 0 Å². The minimum Gasteiger partial charge on any atom is -0.468 e. The van der Waals surface area contributed by atoms with Gasteiger partial charge in [-0.2, -0.15) is 0 Å². The van der Waals surface area contributed by atoms with Crippen LogP contribution < -0.4 is 0 Å². The zero-order valence-electron chi connectivity index (χ0n) is 7.67. The van der Waals surface area contributed by atoms with Crippen LogP contribution in [0.25, 0.3) is 0 Å². The van der Waals surface area contributed by atoms with Crippen molar-refractivity contribution in [3.05, 3.63) is 35.6 Å². The Balaban J connectivity index is 2.69. The Morgan fingerprint density at radius 1 is 1.57 bits per heavy atom. The predicted octanol–water partition coefficient (Wildman–Crippen LogP) is 2.30. The topological polar surface area (TPSA) is 26.3 Å². The van der Waals surface area contributed by atoms with Crippen molar-refractivity contribution in [1.29, 1.82) is 0 Å². The van der Waals surface area contributed by atoms with Crippen LogP contribution in [0.2, 0.25) is 0 Å². The van der Waals surface area contributed by atoms with Gasteiger partial charge < -0.3 is 4.74 Å². The van der Waals surface area contributed by atoms with Gasteiger partial charge in [-0.15, -0.1) is 0 Å². The smallest absolute Gasteiger partial charge is 0.319 e. The van der Waals surface area contributed by atoms with Crippen molar-refractivity contribution in [1.82, 2.24) is 0 Å². The molecular weight excluding hydrogens is 251 g/mol. The minimum atomic E-state index is -0.496. The summed E-state index contributed by atoms with van der Waals surface area (Å²) in [5.74, 6) is -0.700. The maximum absolute atomic E-state index is 13.1. The Labute approximate surface area is 90.2 Å². The first kappa shape index (κ1) is 11.2. The van der Waals surface area contributed by atoms with Crippen molar-refractivity contribution in [3.8, 4) is 0 Å². The van der Waals surface area contributed by atoms with Crippen molar-refractivity contribution < 1.29 is 13.9 Å². The van der Waals surface area contributed by atoms with Crippen LogP contribution in [-0.4, -0.2) is 17.9 Å². The number of carbonyl (C=O) groups is 1. The lowest BCUT2D eigenvalue weighted by atomic mass is 10.1. The molecule has 1 unspecified atom stereocenters. The van der Waals surface area contributed by atoms with Crippen LogP contribution in [0.4, 0.5) is 4.39 Å². The van der Waals surface area contributed by atoms with Gasteiger partial charge in [0.2, 0.25) is 0 Å². The first-order valence-corrected chi connectivity index (χ1v) is 5.02. The summed E-state index contributed by atoms with van der Waals surface area (Å²) in [6.07, 6.45) is 0.291. The molecule has 0 aliphatic carbocycles. The van der Waals surface area contributed by atoms with E-state index in [0.29, 0.717) is 12.0 Å². The van der Waals surface area contributed by atoms with E-state index in [4.69, 9.17) is 0 Å². The fourth-order valence-corrected chi connectivity index (χ4v) is 1.60. The molecule has 0 saturated carbocycles. The molecule has 1 aromatic rings. The summed E-state index contributed by atoms with van der Waals surface area (Å²) in [5, 5.41) is 0. The summed E-state index contributed by atoms with van der Waals surface area (Å²) in [7, 11) is 1.30. The SMILES string of the molecule is COC(=O)C(Br)Cc1ccccc1F. The third kappa shape index (κ3) is 2.80. The number of hydrogen-bond donors (Lipinski definition) is 0. The summed E-state index contributed by atoms with van der Waals surface area (Å²) >= 11 is 3.13. The second kappa shape index (κ2) is 5.10. The van der Waals surface area contributed by atoms with Crippen LogP contribution in [0.15, 0.2) is 24.3 Å². The van der Waals surface area contributed by atoms with Gasteiger partial charge in [0.25, 0.3) is 0 Å². The first-order chi connectivity index (χ1) is 6.65. The Morgan fingerprint density at radius 3 is 2.79 bits per heavy atom. The van der Waals surface area contributed by atoms with Gasteiger partial charge in [0.15, 0.2) is 0 Å². The highest BCUT2D eigenvalue weighted by atomic mass is 79.9. The molecule has 14 heavy (non-hydrogen) atoms. The Kier molecular flexibility index (Phi) is 4.07. The quantitative estimate of drug-likeness (QED) is 0.616. The number of hydrogen-bond acceptors (Lipinski definition) is 2. The molecule has 0 heterocycles. The zero-order chi connectivity index (χ0) is 10.6. The highest BCUT2D eigenvalue weighted by Gasteiger charge is 2.17. The number of carbonyl (C=O) groups excluding carboxylic acids is 1. The van der Waals surface area contributed by atoms with Gasteiger partial charge in [0.1, 0.15) is 10.6 Å². The maximum Gasteiger partial charge on any atom is 0.319 e. The standard InChI is InChI=1S/C10H10BrFO2/c1-14-10(13)8(11)6-7-4-2-3-5-9(7)12/h2-5,8H,6H2,1H3. The van der Waals surface area contributed by atoms with E-state index < -0.39 is 10.8 Å². The first-order valence-electron chi connectivity index (χ1n) is 4.10. The minimum absolute atomic E-state index is 0.291. The van der Waals surface area contributed by atoms with Crippen molar-refractivity contribution in [2.75, 3.05) is 7.11 Å². The summed E-state index contributed by atoms with van der Waals surface area (Å²) in [6.45, 7) is 0. The van der Waals surface area contributed by atoms with Crippen molar-refractivity contribution >= 4 is 21.9 Å². The predicted molar refractivity (Wildman–Crippen MR) is 54.8 cm³/mol. The van der Waals surface area contributed by atoms with E-state index in [2.05, 4.69) is 20.7 Å². The van der Waals surface area contributed by atoms with Crippen molar-refractivity contribution in [3.63, 3.8) is 0 Å². The van der Waals surface area contributed by atoms with E-state index in [9.17, 15) is 9.18 Å². The van der Waals surface area contributed by atoms with Gasteiger partial charge in [-0.1, -0.05) is 34.1 Å². The average Bonchev–Trinajstić information content (AvgIpc) is 2.20. The summed E-state index contributed by atoms with van der Waals surface area (Å²) in [6, 6.07) is 6.36. The number of ether oxygens (including phenoxy) is 1. The molecule has 0 fully saturated rings. The monoisotopic (exact) mass is 260 g/mol. The second-order valence-electron chi connectivity index (χ2n) is 2.79. The summed E-state index contributed by atoms with van der Waals surface area (Å²) in [4.78, 5) is 10.5. The molecule has 0 saturated heterocycles. The van der Waals surface area contributed by atoms with Crippen LogP contribution in [0.5, 0.6) is 0 Å². The molecule has 0 aliphatic heterocycles. The van der Waals surface area contributed by atoms with E-state index in [1.807, 2.05) is 0 Å². The molecule has 1 atom stereocenters. The molecule has 1 aromatic carbocycles. The van der Waals surface area contributed by atoms with E-state index >= 15 is 0 Å². The molecule has 0 spiro atoms. The number of esters is 1. The summed E-state index contributed by atoms with van der Waals surface area (Å²) < 4.78 is 17.7. The molecule has 0 aromatic heterocycles. The molecule has 76 valence electrons. The molecule has 4 heteroatoms. The van der Waals surface area contributed by atoms with E-state index in [1.54, 1.807) is 18.2 Å². The van der Waals surface area contributed by atoms with Crippen molar-refractivity contribution in [2.45, 2.75) is 11.2 Å². The largest absolute Gasteiger partial charge is 0.468 e. The Morgan fingerprint density at radius 2 is 2.21 bits per heavy atom. The highest BCUT2D eigenvalue weighted by Crippen LogP contribution is 2.14. The molecule has 0 amide bonds. The van der Waals surface area contributed by atoms with Gasteiger partial charge in [0, 0.05) is 0 Å². The van der Waals surface area contributed by atoms with Crippen LogP contribution >= 0.6 is 15.9 Å². The maximum atomic E-state index is 13.1. The molecular formula is C10H10BrFO2. The third-order valence-electron chi connectivity index (χ3n) is 1.81. The lowest BCUT2D eigenvalue weighted by molar-refractivity contribution is -0.139. The van der Waals surface area contributed by atoms with E-state index in [1.165, 1.54) is 13.2 Å². The summed E-state index contributed by atoms with van der Waals surface area (Å²) in [5.41, 5.74) is 0.500. The zero-order valence-corrected chi connectivity index (χ0v) is 9.25. The molecule has 0 aliphatic rings.